The Hall–Kier alpha value is -3.28. The molecule has 37 heavy (non-hydrogen) atoms. The van der Waals surface area contributed by atoms with Gasteiger partial charge in [-0.05, 0) is 19.8 Å². The van der Waals surface area contributed by atoms with Gasteiger partial charge in [0.05, 0.1) is 18.5 Å². The SMILES string of the molecule is CC(COCc1nnc(C2CCN(c3nnc(C(F)(F)F)s3)CC2)o1)Nc1cn[nH]c(=O)c1C(F)(F)F. The van der Waals surface area contributed by atoms with Crippen molar-refractivity contribution in [1.29, 1.82) is 0 Å². The van der Waals surface area contributed by atoms with Gasteiger partial charge in [-0.3, -0.25) is 4.79 Å². The Morgan fingerprint density at radius 1 is 1.16 bits per heavy atom. The molecule has 1 aliphatic heterocycles. The summed E-state index contributed by atoms with van der Waals surface area (Å²) in [6.07, 6.45) is -7.42. The molecule has 1 aliphatic rings. The number of alkyl halides is 6. The molecule has 0 spiro atoms. The number of piperidine rings is 1. The second kappa shape index (κ2) is 10.6. The van der Waals surface area contributed by atoms with E-state index < -0.39 is 40.2 Å². The highest BCUT2D eigenvalue weighted by Gasteiger charge is 2.38. The molecule has 0 amide bonds. The van der Waals surface area contributed by atoms with Gasteiger partial charge in [-0.15, -0.1) is 20.4 Å². The van der Waals surface area contributed by atoms with Crippen LogP contribution in [0.2, 0.25) is 0 Å². The highest BCUT2D eigenvalue weighted by Crippen LogP contribution is 2.36. The molecule has 4 heterocycles. The first-order valence-electron chi connectivity index (χ1n) is 10.9. The predicted molar refractivity (Wildman–Crippen MR) is 116 cm³/mol. The summed E-state index contributed by atoms with van der Waals surface area (Å²) in [5.41, 5.74) is -3.21. The van der Waals surface area contributed by atoms with E-state index in [1.807, 2.05) is 0 Å². The van der Waals surface area contributed by atoms with Crippen LogP contribution in [-0.2, 0) is 23.7 Å². The van der Waals surface area contributed by atoms with Crippen LogP contribution in [0, 0.1) is 0 Å². The van der Waals surface area contributed by atoms with E-state index in [4.69, 9.17) is 9.15 Å². The van der Waals surface area contributed by atoms with Gasteiger partial charge >= 0.3 is 12.4 Å². The van der Waals surface area contributed by atoms with E-state index in [-0.39, 0.29) is 30.2 Å². The number of nitrogens with zero attached hydrogens (tertiary/aromatic N) is 6. The number of ether oxygens (including phenoxy) is 1. The van der Waals surface area contributed by atoms with Crippen molar-refractivity contribution in [3.63, 3.8) is 0 Å². The number of nitrogens with one attached hydrogen (secondary N) is 2. The first-order chi connectivity index (χ1) is 17.4. The Balaban J connectivity index is 1.25. The molecule has 3 aromatic rings. The number of rotatable bonds is 8. The van der Waals surface area contributed by atoms with Crippen molar-refractivity contribution < 1.29 is 35.5 Å². The number of hydrogen-bond donors (Lipinski definition) is 2. The molecule has 202 valence electrons. The summed E-state index contributed by atoms with van der Waals surface area (Å²) in [7, 11) is 0. The number of anilines is 2. The quantitative estimate of drug-likeness (QED) is 0.399. The third-order valence-electron chi connectivity index (χ3n) is 5.39. The highest BCUT2D eigenvalue weighted by atomic mass is 32.1. The molecule has 1 atom stereocenters. The lowest BCUT2D eigenvalue weighted by molar-refractivity contribution is -0.139. The number of aromatic nitrogens is 6. The summed E-state index contributed by atoms with van der Waals surface area (Å²) in [5, 5.41) is 21.7. The number of hydrogen-bond acceptors (Lipinski definition) is 11. The molecule has 0 aliphatic carbocycles. The van der Waals surface area contributed by atoms with Gasteiger partial charge in [0.15, 0.2) is 0 Å². The third kappa shape index (κ3) is 6.54. The molecule has 0 aromatic carbocycles. The van der Waals surface area contributed by atoms with Gasteiger partial charge in [0.2, 0.25) is 21.9 Å². The van der Waals surface area contributed by atoms with Crippen molar-refractivity contribution >= 4 is 22.2 Å². The number of halogens is 6. The lowest BCUT2D eigenvalue weighted by atomic mass is 9.97. The molecule has 0 saturated carbocycles. The van der Waals surface area contributed by atoms with Crippen molar-refractivity contribution in [3.8, 4) is 0 Å². The Kier molecular flexibility index (Phi) is 7.67. The Bertz CT molecular complexity index is 1250. The standard InChI is InChI=1S/C19H20F6N8O3S/c1-9(27-11-6-26-29-14(34)13(11)18(20,21)22)7-35-8-12-28-30-15(36-12)10-2-4-33(5-3-10)17-32-31-16(37-17)19(23,24)25/h6,9-10H,2-5,7-8H2,1H3,(H2,27,29,34). The van der Waals surface area contributed by atoms with E-state index >= 15 is 0 Å². The lowest BCUT2D eigenvalue weighted by Gasteiger charge is -2.29. The molecule has 4 rings (SSSR count). The normalized spacial score (nSPS) is 16.2. The minimum Gasteiger partial charge on any atom is -0.422 e. The van der Waals surface area contributed by atoms with Crippen molar-refractivity contribution in [2.24, 2.45) is 0 Å². The molecule has 3 aromatic heterocycles. The van der Waals surface area contributed by atoms with Crippen LogP contribution < -0.4 is 15.8 Å². The van der Waals surface area contributed by atoms with Crippen molar-refractivity contribution in [3.05, 3.63) is 38.9 Å². The maximum atomic E-state index is 13.1. The molecule has 1 saturated heterocycles. The maximum Gasteiger partial charge on any atom is 0.445 e. The van der Waals surface area contributed by atoms with Crippen LogP contribution in [0.25, 0.3) is 0 Å². The van der Waals surface area contributed by atoms with Crippen LogP contribution in [0.4, 0.5) is 37.2 Å². The van der Waals surface area contributed by atoms with E-state index in [1.54, 1.807) is 16.9 Å². The average Bonchev–Trinajstić information content (AvgIpc) is 3.49. The van der Waals surface area contributed by atoms with E-state index in [2.05, 4.69) is 30.8 Å². The van der Waals surface area contributed by atoms with Gasteiger partial charge in [-0.1, -0.05) is 11.3 Å². The monoisotopic (exact) mass is 554 g/mol. The predicted octanol–water partition coefficient (Wildman–Crippen LogP) is 3.44. The number of H-pyrrole nitrogens is 1. The van der Waals surface area contributed by atoms with Crippen LogP contribution in [-0.4, -0.2) is 56.3 Å². The summed E-state index contributed by atoms with van der Waals surface area (Å²) in [4.78, 5) is 13.3. The molecule has 2 N–H and O–H groups in total. The molecule has 18 heteroatoms. The second-order valence-corrected chi connectivity index (χ2v) is 9.18. The molecule has 1 fully saturated rings. The molecular formula is C19H20F6N8O3S. The van der Waals surface area contributed by atoms with E-state index in [0.717, 1.165) is 6.20 Å². The fraction of sp³-hybridized carbons (Fsp3) is 0.579. The Morgan fingerprint density at radius 3 is 2.54 bits per heavy atom. The fourth-order valence-corrected chi connectivity index (χ4v) is 4.45. The highest BCUT2D eigenvalue weighted by molar-refractivity contribution is 7.15. The molecule has 0 radical (unpaired) electrons. The smallest absolute Gasteiger partial charge is 0.422 e. The largest absolute Gasteiger partial charge is 0.445 e. The van der Waals surface area contributed by atoms with E-state index in [0.29, 0.717) is 43.2 Å². The minimum atomic E-state index is -4.86. The van der Waals surface area contributed by atoms with Gasteiger partial charge in [-0.25, -0.2) is 5.10 Å². The zero-order valence-corrected chi connectivity index (χ0v) is 19.9. The zero-order chi connectivity index (χ0) is 26.8. The summed E-state index contributed by atoms with van der Waals surface area (Å²) < 4.78 is 88.8. The summed E-state index contributed by atoms with van der Waals surface area (Å²) in [5.74, 6) is 0.428. The minimum absolute atomic E-state index is 0.0397. The van der Waals surface area contributed by atoms with Gasteiger partial charge < -0.3 is 19.4 Å². The van der Waals surface area contributed by atoms with Crippen LogP contribution in [0.3, 0.4) is 0 Å². The first kappa shape index (κ1) is 26.8. The summed E-state index contributed by atoms with van der Waals surface area (Å²) in [6.45, 7) is 2.30. The third-order valence-corrected chi connectivity index (χ3v) is 6.42. The van der Waals surface area contributed by atoms with E-state index in [1.165, 1.54) is 0 Å². The maximum absolute atomic E-state index is 13.1. The molecule has 11 nitrogen and oxygen atoms in total. The van der Waals surface area contributed by atoms with Gasteiger partial charge in [0.25, 0.3) is 5.56 Å². The molecular weight excluding hydrogens is 534 g/mol. The average molecular weight is 554 g/mol. The van der Waals surface area contributed by atoms with Crippen molar-refractivity contribution in [2.45, 2.75) is 50.7 Å². The Labute approximate surface area is 208 Å². The summed E-state index contributed by atoms with van der Waals surface area (Å²) in [6, 6.07) is -0.616. The van der Waals surface area contributed by atoms with Gasteiger partial charge in [-0.2, -0.15) is 31.4 Å². The van der Waals surface area contributed by atoms with Crippen LogP contribution in [0.15, 0.2) is 15.4 Å². The van der Waals surface area contributed by atoms with Crippen LogP contribution in [0.1, 0.15) is 48.0 Å². The lowest BCUT2D eigenvalue weighted by Crippen LogP contribution is -2.32. The summed E-state index contributed by atoms with van der Waals surface area (Å²) >= 11 is 0.491. The first-order valence-corrected chi connectivity index (χ1v) is 11.7. The topological polar surface area (TPSA) is 135 Å². The Morgan fingerprint density at radius 2 is 1.89 bits per heavy atom. The number of aromatic amines is 1. The molecule has 1 unspecified atom stereocenters. The van der Waals surface area contributed by atoms with Crippen molar-refractivity contribution in [2.75, 3.05) is 29.9 Å². The van der Waals surface area contributed by atoms with E-state index in [9.17, 15) is 31.1 Å². The van der Waals surface area contributed by atoms with Gasteiger partial charge in [0, 0.05) is 25.0 Å². The molecule has 0 bridgehead atoms. The van der Waals surface area contributed by atoms with Gasteiger partial charge in [0.1, 0.15) is 12.2 Å². The zero-order valence-electron chi connectivity index (χ0n) is 19.1. The van der Waals surface area contributed by atoms with Crippen molar-refractivity contribution in [1.82, 2.24) is 30.6 Å². The van der Waals surface area contributed by atoms with Crippen LogP contribution in [0.5, 0.6) is 0 Å². The van der Waals surface area contributed by atoms with Crippen LogP contribution >= 0.6 is 11.3 Å². The second-order valence-electron chi connectivity index (χ2n) is 8.23. The fourth-order valence-electron chi connectivity index (χ4n) is 3.68.